The van der Waals surface area contributed by atoms with Crippen molar-refractivity contribution in [3.05, 3.63) is 118 Å². The highest BCUT2D eigenvalue weighted by Gasteiger charge is 2.27. The van der Waals surface area contributed by atoms with Crippen molar-refractivity contribution < 1.29 is 14.3 Å². The third kappa shape index (κ3) is 8.16. The first kappa shape index (κ1) is 31.2. The summed E-state index contributed by atoms with van der Waals surface area (Å²) in [6.45, 7) is 9.21. The van der Waals surface area contributed by atoms with Gasteiger partial charge in [-0.1, -0.05) is 48.0 Å². The van der Waals surface area contributed by atoms with E-state index >= 15 is 0 Å². The molecule has 0 amide bonds. The van der Waals surface area contributed by atoms with Crippen LogP contribution in [0.15, 0.2) is 107 Å². The van der Waals surface area contributed by atoms with Crippen LogP contribution in [-0.2, 0) is 20.7 Å². The number of hydrogen-bond donors (Lipinski definition) is 2. The lowest BCUT2D eigenvalue weighted by atomic mass is 9.95. The number of nitrogens with zero attached hydrogens (tertiary/aromatic N) is 2. The number of allylic oxidation sites excluding steroid dienone is 9. The molecule has 3 heterocycles. The maximum atomic E-state index is 9.93. The summed E-state index contributed by atoms with van der Waals surface area (Å²) < 4.78 is 10.7. The summed E-state index contributed by atoms with van der Waals surface area (Å²) in [5.41, 5.74) is 4.70. The van der Waals surface area contributed by atoms with Gasteiger partial charge >= 0.3 is 0 Å². The van der Waals surface area contributed by atoms with Gasteiger partial charge in [0.2, 0.25) is 5.90 Å². The quantitative estimate of drug-likeness (QED) is 0.191. The zero-order valence-electron chi connectivity index (χ0n) is 24.1. The molecule has 0 fully saturated rings. The Balaban J connectivity index is 0.000000310. The molecule has 42 heavy (non-hydrogen) atoms. The molecule has 2 N–H and O–H groups in total. The summed E-state index contributed by atoms with van der Waals surface area (Å²) in [7, 11) is 2.18. The predicted octanol–water partition coefficient (Wildman–Crippen LogP) is 7.76. The second kappa shape index (κ2) is 14.9. The maximum absolute atomic E-state index is 9.93. The molecule has 1 aliphatic carbocycles. The molecule has 2 atom stereocenters. The second-order valence-corrected chi connectivity index (χ2v) is 11.0. The standard InChI is InChI=1S/C25H29ClN4O.C8H7ClO2/c1-5-7-19(31-25-17(3)27-15-16(2)28-25)8-6-9-23-24-20(12-13-30(23)4)21-14-18(26)10-11-22(21)29-24;9-7-2-1-3-8(5-4-7)11-6-10/h5-8,10-11,14-15,17,23,27,29H,1,9,12-13H2,2-4H3;1-2,4-6H,3H2/b8-6-,19-7+;. The van der Waals surface area contributed by atoms with Crippen molar-refractivity contribution in [3.8, 4) is 0 Å². The van der Waals surface area contributed by atoms with Crippen LogP contribution in [0.2, 0.25) is 5.02 Å². The Morgan fingerprint density at radius 1 is 1.29 bits per heavy atom. The number of benzene rings is 1. The van der Waals surface area contributed by atoms with Gasteiger partial charge in [0.15, 0.2) is 0 Å². The van der Waals surface area contributed by atoms with E-state index in [9.17, 15) is 4.79 Å². The second-order valence-electron chi connectivity index (χ2n) is 10.1. The zero-order valence-corrected chi connectivity index (χ0v) is 25.6. The minimum absolute atomic E-state index is 0.0236. The topological polar surface area (TPSA) is 79.0 Å². The van der Waals surface area contributed by atoms with E-state index in [-0.39, 0.29) is 12.1 Å². The third-order valence-electron chi connectivity index (χ3n) is 7.05. The van der Waals surface area contributed by atoms with E-state index in [0.29, 0.717) is 29.6 Å². The Morgan fingerprint density at radius 2 is 2.12 bits per heavy atom. The fourth-order valence-corrected chi connectivity index (χ4v) is 5.22. The molecular formula is C33H36Cl2N4O3. The first-order valence-corrected chi connectivity index (χ1v) is 14.6. The van der Waals surface area contributed by atoms with Crippen molar-refractivity contribution in [3.63, 3.8) is 0 Å². The number of aromatic nitrogens is 1. The van der Waals surface area contributed by atoms with Gasteiger partial charge in [-0.2, -0.15) is 0 Å². The van der Waals surface area contributed by atoms with E-state index in [4.69, 9.17) is 27.9 Å². The monoisotopic (exact) mass is 606 g/mol. The molecule has 220 valence electrons. The van der Waals surface area contributed by atoms with Gasteiger partial charge in [0, 0.05) is 45.8 Å². The number of fused-ring (bicyclic) bond motifs is 3. The number of aromatic amines is 1. The molecule has 3 aliphatic rings. The van der Waals surface area contributed by atoms with Gasteiger partial charge in [-0.05, 0) is 87.9 Å². The van der Waals surface area contributed by atoms with Crippen LogP contribution < -0.4 is 5.32 Å². The van der Waals surface area contributed by atoms with Gasteiger partial charge in [-0.15, -0.1) is 0 Å². The Labute approximate surface area is 257 Å². The summed E-state index contributed by atoms with van der Waals surface area (Å²) in [5.74, 6) is 1.98. The van der Waals surface area contributed by atoms with Crippen molar-refractivity contribution >= 4 is 46.5 Å². The summed E-state index contributed by atoms with van der Waals surface area (Å²) in [5, 5.41) is 5.90. The third-order valence-corrected chi connectivity index (χ3v) is 7.54. The molecule has 0 saturated heterocycles. The molecular weight excluding hydrogens is 571 g/mol. The number of carbonyl (C=O) groups excluding carboxylic acids is 1. The molecule has 2 unspecified atom stereocenters. The summed E-state index contributed by atoms with van der Waals surface area (Å²) in [6, 6.07) is 6.37. The minimum Gasteiger partial charge on any atom is -0.441 e. The Morgan fingerprint density at radius 3 is 2.90 bits per heavy atom. The van der Waals surface area contributed by atoms with Crippen LogP contribution in [0.5, 0.6) is 0 Å². The van der Waals surface area contributed by atoms with Crippen molar-refractivity contribution in [1.29, 1.82) is 0 Å². The molecule has 2 aromatic rings. The van der Waals surface area contributed by atoms with Gasteiger partial charge in [0.05, 0.1) is 17.8 Å². The Bertz CT molecular complexity index is 1530. The lowest BCUT2D eigenvalue weighted by molar-refractivity contribution is -0.125. The molecule has 0 spiro atoms. The largest absolute Gasteiger partial charge is 0.441 e. The van der Waals surface area contributed by atoms with Gasteiger partial charge in [-0.25, -0.2) is 4.99 Å². The number of carbonyl (C=O) groups is 1. The molecule has 9 heteroatoms. The van der Waals surface area contributed by atoms with Gasteiger partial charge in [-0.3, -0.25) is 9.69 Å². The van der Waals surface area contributed by atoms with Crippen LogP contribution >= 0.6 is 23.2 Å². The normalized spacial score (nSPS) is 20.6. The first-order valence-electron chi connectivity index (χ1n) is 13.8. The number of halogens is 2. The summed E-state index contributed by atoms with van der Waals surface area (Å²) in [6.07, 6.45) is 19.1. The van der Waals surface area contributed by atoms with E-state index in [1.54, 1.807) is 24.3 Å². The van der Waals surface area contributed by atoms with Crippen molar-refractivity contribution in [2.75, 3.05) is 13.6 Å². The van der Waals surface area contributed by atoms with Gasteiger partial charge in [0.25, 0.3) is 6.47 Å². The fraction of sp³-hybridized carbons (Fsp3) is 0.273. The molecule has 0 radical (unpaired) electrons. The lowest BCUT2D eigenvalue weighted by Crippen LogP contribution is -2.34. The number of H-pyrrole nitrogens is 1. The van der Waals surface area contributed by atoms with E-state index in [0.717, 1.165) is 41.4 Å². The minimum atomic E-state index is 0.0236. The molecule has 7 nitrogen and oxygen atoms in total. The van der Waals surface area contributed by atoms with Crippen LogP contribution in [0.1, 0.15) is 44.0 Å². The van der Waals surface area contributed by atoms with Crippen LogP contribution in [0.4, 0.5) is 0 Å². The number of aliphatic imine (C=N–C) groups is 1. The van der Waals surface area contributed by atoms with E-state index < -0.39 is 0 Å². The van der Waals surface area contributed by atoms with E-state index in [2.05, 4.69) is 56.8 Å². The smallest absolute Gasteiger partial charge is 0.298 e. The fourth-order valence-electron chi connectivity index (χ4n) is 4.89. The molecule has 0 bridgehead atoms. The highest BCUT2D eigenvalue weighted by atomic mass is 35.5. The van der Waals surface area contributed by atoms with E-state index in [1.165, 1.54) is 16.6 Å². The van der Waals surface area contributed by atoms with Crippen LogP contribution in [0.25, 0.3) is 10.9 Å². The SMILES string of the molecule is C=C/C=C(\C=C/CC1c2[nH]c3ccc(Cl)cc3c2CCN1C)OC1=NC(C)=CNC1C.O=COC1=CC=C(Cl)C=CC1. The van der Waals surface area contributed by atoms with Crippen molar-refractivity contribution in [1.82, 2.24) is 15.2 Å². The van der Waals surface area contributed by atoms with Crippen LogP contribution in [0, 0.1) is 0 Å². The number of hydrogen-bond acceptors (Lipinski definition) is 6. The zero-order chi connectivity index (χ0) is 30.1. The number of nitrogens with one attached hydrogen (secondary N) is 2. The Hall–Kier alpha value is -3.78. The lowest BCUT2D eigenvalue weighted by Gasteiger charge is -2.32. The van der Waals surface area contributed by atoms with Gasteiger partial charge < -0.3 is 19.8 Å². The first-order chi connectivity index (χ1) is 20.3. The average Bonchev–Trinajstić information content (AvgIpc) is 3.19. The summed E-state index contributed by atoms with van der Waals surface area (Å²) in [4.78, 5) is 20.5. The van der Waals surface area contributed by atoms with E-state index in [1.807, 2.05) is 44.3 Å². The molecule has 0 saturated carbocycles. The molecule has 5 rings (SSSR count). The van der Waals surface area contributed by atoms with Crippen LogP contribution in [-0.4, -0.2) is 41.9 Å². The average molecular weight is 608 g/mol. The highest BCUT2D eigenvalue weighted by molar-refractivity contribution is 6.31. The van der Waals surface area contributed by atoms with Crippen LogP contribution in [0.3, 0.4) is 0 Å². The Kier molecular flexibility index (Phi) is 11.1. The maximum Gasteiger partial charge on any atom is 0.298 e. The molecule has 1 aromatic heterocycles. The number of ether oxygens (including phenoxy) is 2. The summed E-state index contributed by atoms with van der Waals surface area (Å²) >= 11 is 11.9. The highest BCUT2D eigenvalue weighted by Crippen LogP contribution is 2.36. The molecule has 1 aromatic carbocycles. The predicted molar refractivity (Wildman–Crippen MR) is 172 cm³/mol. The number of rotatable bonds is 7. The van der Waals surface area contributed by atoms with Crippen molar-refractivity contribution in [2.24, 2.45) is 4.99 Å². The van der Waals surface area contributed by atoms with Gasteiger partial charge in [0.1, 0.15) is 11.5 Å². The molecule has 2 aliphatic heterocycles. The number of likely N-dealkylation sites (N-methyl/N-ethyl adjacent to an activating group) is 1. The van der Waals surface area contributed by atoms with Crippen molar-refractivity contribution in [2.45, 2.75) is 45.2 Å².